The summed E-state index contributed by atoms with van der Waals surface area (Å²) in [5.41, 5.74) is 1.19. The third kappa shape index (κ3) is 2.61. The van der Waals surface area contributed by atoms with E-state index in [4.69, 9.17) is 4.74 Å². The van der Waals surface area contributed by atoms with Crippen molar-refractivity contribution in [2.45, 2.75) is 25.2 Å². The largest absolute Gasteiger partial charge is 0.497 e. The predicted molar refractivity (Wildman–Crippen MR) is 79.1 cm³/mol. The number of fused-ring (bicyclic) bond motifs is 1. The highest BCUT2D eigenvalue weighted by Crippen LogP contribution is 2.24. The monoisotopic (exact) mass is 297 g/mol. The SMILES string of the molecule is COc1ccc(C2CN3C(=O)C(C)NC3CN2)cc1.Cl. The Hall–Kier alpha value is -1.30. The molecule has 6 heteroatoms. The van der Waals surface area contributed by atoms with Gasteiger partial charge in [-0.3, -0.25) is 10.1 Å². The summed E-state index contributed by atoms with van der Waals surface area (Å²) in [5.74, 6) is 1.05. The van der Waals surface area contributed by atoms with Gasteiger partial charge in [0.25, 0.3) is 0 Å². The zero-order valence-electron chi connectivity index (χ0n) is 11.6. The van der Waals surface area contributed by atoms with Gasteiger partial charge in [0.1, 0.15) is 5.75 Å². The molecule has 2 aliphatic rings. The van der Waals surface area contributed by atoms with Crippen molar-refractivity contribution in [3.8, 4) is 5.75 Å². The van der Waals surface area contributed by atoms with Crippen molar-refractivity contribution < 1.29 is 9.53 Å². The smallest absolute Gasteiger partial charge is 0.240 e. The number of carbonyl (C=O) groups is 1. The number of nitrogens with zero attached hydrogens (tertiary/aromatic N) is 1. The molecular weight excluding hydrogens is 278 g/mol. The van der Waals surface area contributed by atoms with Gasteiger partial charge in [-0.1, -0.05) is 12.1 Å². The van der Waals surface area contributed by atoms with Crippen molar-refractivity contribution >= 4 is 18.3 Å². The van der Waals surface area contributed by atoms with E-state index < -0.39 is 0 Å². The van der Waals surface area contributed by atoms with Crippen LogP contribution in [0.5, 0.6) is 5.75 Å². The van der Waals surface area contributed by atoms with Crippen LogP contribution in [0.1, 0.15) is 18.5 Å². The lowest BCUT2D eigenvalue weighted by molar-refractivity contribution is -0.130. The summed E-state index contributed by atoms with van der Waals surface area (Å²) in [6.45, 7) is 3.42. The Morgan fingerprint density at radius 2 is 2.00 bits per heavy atom. The quantitative estimate of drug-likeness (QED) is 0.852. The summed E-state index contributed by atoms with van der Waals surface area (Å²) < 4.78 is 5.16. The first-order valence-corrected chi connectivity index (χ1v) is 6.63. The molecule has 2 heterocycles. The molecule has 0 aliphatic carbocycles. The highest BCUT2D eigenvalue weighted by Gasteiger charge is 2.40. The molecule has 1 aromatic rings. The highest BCUT2D eigenvalue weighted by molar-refractivity contribution is 5.85. The molecule has 0 radical (unpaired) electrons. The number of carbonyl (C=O) groups excluding carboxylic acids is 1. The fraction of sp³-hybridized carbons (Fsp3) is 0.500. The fourth-order valence-corrected chi connectivity index (χ4v) is 2.81. The van der Waals surface area contributed by atoms with Gasteiger partial charge in [0, 0.05) is 13.1 Å². The van der Waals surface area contributed by atoms with E-state index in [0.29, 0.717) is 6.54 Å². The van der Waals surface area contributed by atoms with E-state index in [1.165, 1.54) is 5.56 Å². The van der Waals surface area contributed by atoms with E-state index in [-0.39, 0.29) is 36.6 Å². The van der Waals surface area contributed by atoms with Crippen LogP contribution in [0.15, 0.2) is 24.3 Å². The molecular formula is C14H20ClN3O2. The Labute approximate surface area is 125 Å². The maximum Gasteiger partial charge on any atom is 0.240 e. The minimum Gasteiger partial charge on any atom is -0.497 e. The highest BCUT2D eigenvalue weighted by atomic mass is 35.5. The molecule has 0 bridgehead atoms. The van der Waals surface area contributed by atoms with Crippen molar-refractivity contribution in [3.63, 3.8) is 0 Å². The van der Waals surface area contributed by atoms with Crippen LogP contribution in [0.2, 0.25) is 0 Å². The second-order valence-corrected chi connectivity index (χ2v) is 5.13. The first-order valence-electron chi connectivity index (χ1n) is 6.63. The second-order valence-electron chi connectivity index (χ2n) is 5.13. The summed E-state index contributed by atoms with van der Waals surface area (Å²) >= 11 is 0. The summed E-state index contributed by atoms with van der Waals surface area (Å²) in [4.78, 5) is 14.0. The lowest BCUT2D eigenvalue weighted by Crippen LogP contribution is -2.54. The van der Waals surface area contributed by atoms with Crippen molar-refractivity contribution in [1.82, 2.24) is 15.5 Å². The first kappa shape index (κ1) is 15.1. The molecule has 1 aromatic carbocycles. The number of piperazine rings is 1. The molecule has 0 saturated carbocycles. The number of methoxy groups -OCH3 is 1. The van der Waals surface area contributed by atoms with Crippen LogP contribution >= 0.6 is 12.4 Å². The van der Waals surface area contributed by atoms with Gasteiger partial charge in [-0.2, -0.15) is 0 Å². The van der Waals surface area contributed by atoms with Crippen molar-refractivity contribution in [2.75, 3.05) is 20.2 Å². The Kier molecular flexibility index (Phi) is 4.52. The summed E-state index contributed by atoms with van der Waals surface area (Å²) in [5, 5.41) is 6.78. The molecule has 5 nitrogen and oxygen atoms in total. The van der Waals surface area contributed by atoms with Crippen molar-refractivity contribution in [1.29, 1.82) is 0 Å². The van der Waals surface area contributed by atoms with Gasteiger partial charge in [-0.15, -0.1) is 12.4 Å². The molecule has 0 spiro atoms. The van der Waals surface area contributed by atoms with Crippen LogP contribution in [0.3, 0.4) is 0 Å². The molecule has 2 saturated heterocycles. The van der Waals surface area contributed by atoms with E-state index in [2.05, 4.69) is 10.6 Å². The van der Waals surface area contributed by atoms with Gasteiger partial charge in [-0.05, 0) is 24.6 Å². The number of benzene rings is 1. The van der Waals surface area contributed by atoms with Crippen LogP contribution < -0.4 is 15.4 Å². The Morgan fingerprint density at radius 3 is 2.65 bits per heavy atom. The van der Waals surface area contributed by atoms with Crippen LogP contribution in [0.4, 0.5) is 0 Å². The number of hydrogen-bond acceptors (Lipinski definition) is 4. The molecule has 3 rings (SSSR count). The molecule has 2 aliphatic heterocycles. The molecule has 3 atom stereocenters. The molecule has 2 N–H and O–H groups in total. The zero-order chi connectivity index (χ0) is 13.4. The normalized spacial score (nSPS) is 28.8. The van der Waals surface area contributed by atoms with E-state index >= 15 is 0 Å². The number of nitrogens with one attached hydrogen (secondary N) is 2. The Bertz CT molecular complexity index is 480. The van der Waals surface area contributed by atoms with Gasteiger partial charge in [0.15, 0.2) is 0 Å². The van der Waals surface area contributed by atoms with Gasteiger partial charge < -0.3 is 15.0 Å². The molecule has 3 unspecified atom stereocenters. The van der Waals surface area contributed by atoms with Crippen LogP contribution in [-0.2, 0) is 4.79 Å². The predicted octanol–water partition coefficient (Wildman–Crippen LogP) is 0.908. The maximum absolute atomic E-state index is 12.0. The van der Waals surface area contributed by atoms with E-state index in [1.807, 2.05) is 36.1 Å². The lowest BCUT2D eigenvalue weighted by atomic mass is 10.0. The van der Waals surface area contributed by atoms with E-state index in [1.54, 1.807) is 7.11 Å². The number of hydrogen-bond donors (Lipinski definition) is 2. The Morgan fingerprint density at radius 1 is 1.30 bits per heavy atom. The second kappa shape index (κ2) is 5.99. The number of rotatable bonds is 2. The van der Waals surface area contributed by atoms with Gasteiger partial charge >= 0.3 is 0 Å². The average molecular weight is 298 g/mol. The number of halogens is 1. The van der Waals surface area contributed by atoms with E-state index in [9.17, 15) is 4.79 Å². The van der Waals surface area contributed by atoms with Crippen LogP contribution in [-0.4, -0.2) is 43.2 Å². The van der Waals surface area contributed by atoms with Crippen LogP contribution in [0, 0.1) is 0 Å². The van der Waals surface area contributed by atoms with Crippen molar-refractivity contribution in [2.24, 2.45) is 0 Å². The summed E-state index contributed by atoms with van der Waals surface area (Å²) in [7, 11) is 1.66. The minimum absolute atomic E-state index is 0. The summed E-state index contributed by atoms with van der Waals surface area (Å²) in [6, 6.07) is 8.13. The number of amides is 1. The van der Waals surface area contributed by atoms with Gasteiger partial charge in [0.05, 0.1) is 25.4 Å². The summed E-state index contributed by atoms with van der Waals surface area (Å²) in [6.07, 6.45) is 0.136. The molecule has 0 aromatic heterocycles. The zero-order valence-corrected chi connectivity index (χ0v) is 12.4. The van der Waals surface area contributed by atoms with Crippen molar-refractivity contribution in [3.05, 3.63) is 29.8 Å². The third-order valence-corrected chi connectivity index (χ3v) is 3.93. The fourth-order valence-electron chi connectivity index (χ4n) is 2.81. The first-order chi connectivity index (χ1) is 9.19. The molecule has 20 heavy (non-hydrogen) atoms. The van der Waals surface area contributed by atoms with Crippen LogP contribution in [0.25, 0.3) is 0 Å². The van der Waals surface area contributed by atoms with E-state index in [0.717, 1.165) is 12.3 Å². The van der Waals surface area contributed by atoms with Gasteiger partial charge in [-0.25, -0.2) is 0 Å². The average Bonchev–Trinajstić information content (AvgIpc) is 2.74. The lowest BCUT2D eigenvalue weighted by Gasteiger charge is -2.35. The standard InChI is InChI=1S/C14H19N3O2.ClH/c1-9-14(18)17-8-12(15-7-13(17)16-9)10-3-5-11(19-2)6-4-10;/h3-6,9,12-13,15-16H,7-8H2,1-2H3;1H. The maximum atomic E-state index is 12.0. The molecule has 1 amide bonds. The van der Waals surface area contributed by atoms with Gasteiger partial charge in [0.2, 0.25) is 5.91 Å². The third-order valence-electron chi connectivity index (χ3n) is 3.93. The molecule has 110 valence electrons. The molecule has 2 fully saturated rings. The number of ether oxygens (including phenoxy) is 1. The Balaban J connectivity index is 0.00000147. The topological polar surface area (TPSA) is 53.6 Å². The minimum atomic E-state index is -0.0681.